The number of amides is 2. The predicted molar refractivity (Wildman–Crippen MR) is 128 cm³/mol. The molecule has 2 amide bonds. The molecule has 2 aliphatic rings. The van der Waals surface area contributed by atoms with Gasteiger partial charge in [0.2, 0.25) is 0 Å². The smallest absolute Gasteiger partial charge is 0.329 e. The van der Waals surface area contributed by atoms with Gasteiger partial charge in [-0.2, -0.15) is 0 Å². The molecule has 1 aliphatic heterocycles. The van der Waals surface area contributed by atoms with Crippen molar-refractivity contribution in [3.05, 3.63) is 68.0 Å². The van der Waals surface area contributed by atoms with Gasteiger partial charge in [-0.25, -0.2) is 9.78 Å². The first-order valence-electron chi connectivity index (χ1n) is 11.8. The summed E-state index contributed by atoms with van der Waals surface area (Å²) in [5.41, 5.74) is 1.10. The highest BCUT2D eigenvalue weighted by molar-refractivity contribution is 6.12. The van der Waals surface area contributed by atoms with Gasteiger partial charge in [0.15, 0.2) is 5.65 Å². The van der Waals surface area contributed by atoms with Crippen molar-refractivity contribution in [2.75, 3.05) is 18.4 Å². The molecule has 1 aromatic carbocycles. The van der Waals surface area contributed by atoms with E-state index < -0.39 is 17.2 Å². The first-order chi connectivity index (χ1) is 16.5. The van der Waals surface area contributed by atoms with Gasteiger partial charge >= 0.3 is 5.69 Å². The summed E-state index contributed by atoms with van der Waals surface area (Å²) in [7, 11) is 0. The Hall–Kier alpha value is -3.75. The van der Waals surface area contributed by atoms with Crippen molar-refractivity contribution in [3.8, 4) is 0 Å². The van der Waals surface area contributed by atoms with Gasteiger partial charge in [-0.15, -0.1) is 0 Å². The van der Waals surface area contributed by atoms with Crippen LogP contribution in [-0.2, 0) is 6.54 Å². The number of likely N-dealkylation sites (tertiary alicyclic amines) is 1. The molecule has 0 spiro atoms. The monoisotopic (exact) mass is 461 g/mol. The SMILES string of the molecule is CCCn1c(=O)[nH]c(=O)c2c(C(=O)Nc3ccc(C(=O)N4CCCC4)cc3)cc(C3CC3)nc21. The molecule has 3 heterocycles. The molecule has 0 bridgehead atoms. The molecule has 3 aromatic rings. The molecule has 2 fully saturated rings. The first kappa shape index (κ1) is 22.1. The van der Waals surface area contributed by atoms with Crippen LogP contribution in [0.15, 0.2) is 39.9 Å². The number of hydrogen-bond acceptors (Lipinski definition) is 5. The summed E-state index contributed by atoms with van der Waals surface area (Å²) < 4.78 is 1.43. The van der Waals surface area contributed by atoms with Crippen molar-refractivity contribution in [3.63, 3.8) is 0 Å². The number of hydrogen-bond donors (Lipinski definition) is 2. The molecule has 34 heavy (non-hydrogen) atoms. The number of benzene rings is 1. The van der Waals surface area contributed by atoms with E-state index in [0.29, 0.717) is 24.2 Å². The summed E-state index contributed by atoms with van der Waals surface area (Å²) in [4.78, 5) is 59.8. The van der Waals surface area contributed by atoms with Crippen LogP contribution in [0.25, 0.3) is 11.0 Å². The Kier molecular flexibility index (Phi) is 5.77. The zero-order chi connectivity index (χ0) is 23.8. The Balaban J connectivity index is 1.49. The number of nitrogens with one attached hydrogen (secondary N) is 2. The molecule has 0 radical (unpaired) electrons. The highest BCUT2D eigenvalue weighted by Crippen LogP contribution is 2.40. The van der Waals surface area contributed by atoms with Gasteiger partial charge in [0.1, 0.15) is 0 Å². The number of rotatable bonds is 6. The van der Waals surface area contributed by atoms with Crippen LogP contribution in [0.5, 0.6) is 0 Å². The average molecular weight is 462 g/mol. The summed E-state index contributed by atoms with van der Waals surface area (Å²) >= 11 is 0. The van der Waals surface area contributed by atoms with Crippen LogP contribution < -0.4 is 16.6 Å². The van der Waals surface area contributed by atoms with Gasteiger partial charge in [-0.3, -0.25) is 23.9 Å². The Morgan fingerprint density at radius 3 is 2.47 bits per heavy atom. The lowest BCUT2D eigenvalue weighted by molar-refractivity contribution is 0.0792. The number of carbonyl (C=O) groups excluding carboxylic acids is 2. The second kappa shape index (κ2) is 8.89. The number of aryl methyl sites for hydroxylation is 1. The fourth-order valence-corrected chi connectivity index (χ4v) is 4.49. The van der Waals surface area contributed by atoms with Gasteiger partial charge in [0.05, 0.1) is 10.9 Å². The number of nitrogens with zero attached hydrogens (tertiary/aromatic N) is 3. The zero-order valence-corrected chi connectivity index (χ0v) is 19.1. The van der Waals surface area contributed by atoms with Gasteiger partial charge < -0.3 is 10.2 Å². The standard InChI is InChI=1S/C25H27N5O4/c1-2-11-30-21-20(23(32)28-25(30)34)18(14-19(27-21)15-5-6-15)22(31)26-17-9-7-16(8-10-17)24(33)29-12-3-4-13-29/h7-10,14-15H,2-6,11-13H2,1H3,(H,26,31)(H,28,32,34). The number of aromatic amines is 1. The lowest BCUT2D eigenvalue weighted by Crippen LogP contribution is -2.32. The number of carbonyl (C=O) groups is 2. The number of fused-ring (bicyclic) bond motifs is 1. The van der Waals surface area contributed by atoms with Gasteiger partial charge in [0.25, 0.3) is 17.4 Å². The molecule has 2 N–H and O–H groups in total. The average Bonchev–Trinajstić information content (AvgIpc) is 3.54. The highest BCUT2D eigenvalue weighted by Gasteiger charge is 2.29. The number of pyridine rings is 1. The Labute approximate surface area is 195 Å². The number of H-pyrrole nitrogens is 1. The molecule has 5 rings (SSSR count). The molecule has 0 atom stereocenters. The van der Waals surface area contributed by atoms with E-state index in [0.717, 1.165) is 44.5 Å². The lowest BCUT2D eigenvalue weighted by atomic mass is 10.1. The van der Waals surface area contributed by atoms with Crippen molar-refractivity contribution >= 4 is 28.5 Å². The van der Waals surface area contributed by atoms with E-state index in [9.17, 15) is 19.2 Å². The summed E-state index contributed by atoms with van der Waals surface area (Å²) in [5, 5.41) is 2.94. The fourth-order valence-electron chi connectivity index (χ4n) is 4.49. The Morgan fingerprint density at radius 2 is 1.82 bits per heavy atom. The van der Waals surface area contributed by atoms with E-state index >= 15 is 0 Å². The Bertz CT molecular complexity index is 1380. The summed E-state index contributed by atoms with van der Waals surface area (Å²) in [6.45, 7) is 3.86. The van der Waals surface area contributed by atoms with E-state index in [1.165, 1.54) is 4.57 Å². The third kappa shape index (κ3) is 4.13. The normalized spacial score (nSPS) is 15.6. The van der Waals surface area contributed by atoms with E-state index in [-0.39, 0.29) is 28.4 Å². The highest BCUT2D eigenvalue weighted by atomic mass is 16.2. The minimum atomic E-state index is -0.626. The molecule has 1 saturated carbocycles. The summed E-state index contributed by atoms with van der Waals surface area (Å²) in [6.07, 6.45) is 4.66. The maximum atomic E-state index is 13.3. The third-order valence-corrected chi connectivity index (χ3v) is 6.44. The largest absolute Gasteiger partial charge is 0.339 e. The van der Waals surface area contributed by atoms with Crippen LogP contribution in [0.1, 0.15) is 71.4 Å². The lowest BCUT2D eigenvalue weighted by Gasteiger charge is -2.15. The minimum absolute atomic E-state index is 0.00925. The maximum absolute atomic E-state index is 13.3. The van der Waals surface area contributed by atoms with E-state index in [1.54, 1.807) is 30.3 Å². The maximum Gasteiger partial charge on any atom is 0.329 e. The molecule has 9 nitrogen and oxygen atoms in total. The second-order valence-electron chi connectivity index (χ2n) is 9.01. The topological polar surface area (TPSA) is 117 Å². The second-order valence-corrected chi connectivity index (χ2v) is 9.01. The molecule has 1 saturated heterocycles. The molecule has 2 aromatic heterocycles. The third-order valence-electron chi connectivity index (χ3n) is 6.44. The molecule has 1 aliphatic carbocycles. The van der Waals surface area contributed by atoms with Crippen LogP contribution >= 0.6 is 0 Å². The molecule has 176 valence electrons. The fraction of sp³-hybridized carbons (Fsp3) is 0.400. The van der Waals surface area contributed by atoms with E-state index in [1.807, 2.05) is 11.8 Å². The zero-order valence-electron chi connectivity index (χ0n) is 19.1. The van der Waals surface area contributed by atoms with Crippen molar-refractivity contribution < 1.29 is 9.59 Å². The number of aromatic nitrogens is 3. The predicted octanol–water partition coefficient (Wildman–Crippen LogP) is 2.86. The van der Waals surface area contributed by atoms with Crippen molar-refractivity contribution in [1.29, 1.82) is 0 Å². The molecular formula is C25H27N5O4. The van der Waals surface area contributed by atoms with Crippen LogP contribution in [-0.4, -0.2) is 44.3 Å². The van der Waals surface area contributed by atoms with E-state index in [2.05, 4.69) is 15.3 Å². The van der Waals surface area contributed by atoms with Gasteiger partial charge in [-0.05, 0) is 62.4 Å². The van der Waals surface area contributed by atoms with Crippen molar-refractivity contribution in [2.24, 2.45) is 0 Å². The van der Waals surface area contributed by atoms with Crippen molar-refractivity contribution in [2.45, 2.75) is 51.5 Å². The quantitative estimate of drug-likeness (QED) is 0.585. The number of anilines is 1. The van der Waals surface area contributed by atoms with E-state index in [4.69, 9.17) is 0 Å². The van der Waals surface area contributed by atoms with Crippen LogP contribution in [0.3, 0.4) is 0 Å². The van der Waals surface area contributed by atoms with Crippen LogP contribution in [0.4, 0.5) is 5.69 Å². The summed E-state index contributed by atoms with van der Waals surface area (Å²) in [5.74, 6) is -0.235. The van der Waals surface area contributed by atoms with Gasteiger partial charge in [-0.1, -0.05) is 6.92 Å². The minimum Gasteiger partial charge on any atom is -0.339 e. The molecular weight excluding hydrogens is 434 g/mol. The molecule has 0 unspecified atom stereocenters. The Morgan fingerprint density at radius 1 is 1.12 bits per heavy atom. The van der Waals surface area contributed by atoms with Crippen LogP contribution in [0.2, 0.25) is 0 Å². The van der Waals surface area contributed by atoms with Crippen LogP contribution in [0, 0.1) is 0 Å². The first-order valence-corrected chi connectivity index (χ1v) is 11.8. The van der Waals surface area contributed by atoms with Crippen molar-refractivity contribution in [1.82, 2.24) is 19.4 Å². The van der Waals surface area contributed by atoms with Gasteiger partial charge in [0, 0.05) is 42.5 Å². The summed E-state index contributed by atoms with van der Waals surface area (Å²) in [6, 6.07) is 8.42. The molecule has 9 heteroatoms.